The fraction of sp³-hybridized carbons (Fsp3) is 0.200. The molecule has 0 spiro atoms. The first-order valence-electron chi connectivity index (χ1n) is 5.79. The maximum Gasteiger partial charge on any atom is 0.0450 e. The molecule has 0 aliphatic carbocycles. The minimum Gasteiger partial charge on any atom is -1.00 e. The average Bonchev–Trinajstić information content (AvgIpc) is 2.38. The minimum atomic E-state index is 0. The molecule has 2 aromatic rings. The fourth-order valence-corrected chi connectivity index (χ4v) is 1.97. The maximum atomic E-state index is 6.11. The number of benzene rings is 2. The average molecular weight is 281 g/mol. The molecule has 0 heterocycles. The molecule has 2 rings (SSSR count). The molecular formula is C15H16Cl2N-. The molecule has 1 unspecified atom stereocenters. The molecule has 0 saturated heterocycles. The van der Waals surface area contributed by atoms with Crippen molar-refractivity contribution < 1.29 is 12.4 Å². The second-order valence-corrected chi connectivity index (χ2v) is 4.51. The first-order chi connectivity index (χ1) is 8.27. The van der Waals surface area contributed by atoms with E-state index in [-0.39, 0.29) is 12.4 Å². The van der Waals surface area contributed by atoms with Gasteiger partial charge in [-0.05, 0) is 24.1 Å². The van der Waals surface area contributed by atoms with E-state index in [1.54, 1.807) is 0 Å². The van der Waals surface area contributed by atoms with Crippen LogP contribution in [0.15, 0.2) is 54.6 Å². The van der Waals surface area contributed by atoms with Crippen molar-refractivity contribution in [3.8, 4) is 0 Å². The van der Waals surface area contributed by atoms with Gasteiger partial charge in [0, 0.05) is 17.6 Å². The van der Waals surface area contributed by atoms with Crippen molar-refractivity contribution in [3.05, 3.63) is 70.7 Å². The highest BCUT2D eigenvalue weighted by Crippen LogP contribution is 2.17. The molecule has 96 valence electrons. The third-order valence-electron chi connectivity index (χ3n) is 2.86. The summed E-state index contributed by atoms with van der Waals surface area (Å²) in [6, 6.07) is 18.7. The second-order valence-electron chi connectivity index (χ2n) is 4.10. The van der Waals surface area contributed by atoms with Gasteiger partial charge in [-0.25, -0.2) is 0 Å². The van der Waals surface area contributed by atoms with E-state index in [0.717, 1.165) is 17.1 Å². The third-order valence-corrected chi connectivity index (χ3v) is 3.22. The van der Waals surface area contributed by atoms with Gasteiger partial charge in [0.15, 0.2) is 0 Å². The second kappa shape index (κ2) is 7.42. The van der Waals surface area contributed by atoms with Gasteiger partial charge in [-0.1, -0.05) is 60.1 Å². The first kappa shape index (κ1) is 15.0. The standard InChI is InChI=1S/C15H16ClN.ClH/c1-12(13-7-3-2-4-8-13)17-11-14-9-5-6-10-15(14)16;/h2-10,12,17H,11H2,1H3;1H/p-1. The highest BCUT2D eigenvalue weighted by atomic mass is 35.5. The molecule has 0 aromatic heterocycles. The molecule has 0 aliphatic rings. The van der Waals surface area contributed by atoms with Gasteiger partial charge in [-0.2, -0.15) is 0 Å². The highest BCUT2D eigenvalue weighted by molar-refractivity contribution is 6.31. The fourth-order valence-electron chi connectivity index (χ4n) is 1.76. The van der Waals surface area contributed by atoms with E-state index in [9.17, 15) is 0 Å². The Hall–Kier alpha value is -1.02. The van der Waals surface area contributed by atoms with Crippen LogP contribution in [0.2, 0.25) is 5.02 Å². The van der Waals surface area contributed by atoms with E-state index in [2.05, 4.69) is 36.5 Å². The lowest BCUT2D eigenvalue weighted by Crippen LogP contribution is -3.00. The van der Waals surface area contributed by atoms with Crippen LogP contribution in [-0.4, -0.2) is 0 Å². The van der Waals surface area contributed by atoms with Crippen LogP contribution in [0.5, 0.6) is 0 Å². The minimum absolute atomic E-state index is 0. The van der Waals surface area contributed by atoms with Crippen LogP contribution in [0.25, 0.3) is 0 Å². The summed E-state index contributed by atoms with van der Waals surface area (Å²) in [4.78, 5) is 0. The van der Waals surface area contributed by atoms with E-state index in [4.69, 9.17) is 11.6 Å². The smallest absolute Gasteiger partial charge is 0.0450 e. The molecule has 0 saturated carbocycles. The largest absolute Gasteiger partial charge is 1.00 e. The number of halogens is 2. The summed E-state index contributed by atoms with van der Waals surface area (Å²) in [6.45, 7) is 2.95. The zero-order valence-electron chi connectivity index (χ0n) is 10.2. The SMILES string of the molecule is CC(NCc1ccccc1Cl)c1ccccc1.[Cl-]. The van der Waals surface area contributed by atoms with Crippen LogP contribution in [0.3, 0.4) is 0 Å². The molecule has 1 N–H and O–H groups in total. The van der Waals surface area contributed by atoms with Crippen LogP contribution in [-0.2, 0) is 6.54 Å². The van der Waals surface area contributed by atoms with Crippen LogP contribution < -0.4 is 17.7 Å². The van der Waals surface area contributed by atoms with Crippen molar-refractivity contribution in [1.82, 2.24) is 5.32 Å². The summed E-state index contributed by atoms with van der Waals surface area (Å²) in [5, 5.41) is 4.29. The van der Waals surface area contributed by atoms with Gasteiger partial charge in [0.1, 0.15) is 0 Å². The van der Waals surface area contributed by atoms with Crippen molar-refractivity contribution in [1.29, 1.82) is 0 Å². The Balaban J connectivity index is 0.00000162. The molecule has 0 radical (unpaired) electrons. The zero-order chi connectivity index (χ0) is 12.1. The zero-order valence-corrected chi connectivity index (χ0v) is 11.7. The summed E-state index contributed by atoms with van der Waals surface area (Å²) in [6.07, 6.45) is 0. The Kier molecular flexibility index (Phi) is 6.20. The molecule has 1 nitrogen and oxygen atoms in total. The van der Waals surface area contributed by atoms with Gasteiger partial charge in [0.25, 0.3) is 0 Å². The number of nitrogens with one attached hydrogen (secondary N) is 1. The van der Waals surface area contributed by atoms with E-state index in [0.29, 0.717) is 6.04 Å². The van der Waals surface area contributed by atoms with Crippen LogP contribution in [0, 0.1) is 0 Å². The third kappa shape index (κ3) is 4.02. The Morgan fingerprint density at radius 1 is 1.00 bits per heavy atom. The van der Waals surface area contributed by atoms with Crippen molar-refractivity contribution in [3.63, 3.8) is 0 Å². The molecular weight excluding hydrogens is 265 g/mol. The van der Waals surface area contributed by atoms with Crippen LogP contribution in [0.4, 0.5) is 0 Å². The molecule has 0 amide bonds. The van der Waals surface area contributed by atoms with E-state index in [1.165, 1.54) is 5.56 Å². The molecule has 2 aromatic carbocycles. The Morgan fingerprint density at radius 2 is 1.61 bits per heavy atom. The van der Waals surface area contributed by atoms with Crippen LogP contribution >= 0.6 is 11.6 Å². The molecule has 18 heavy (non-hydrogen) atoms. The lowest BCUT2D eigenvalue weighted by Gasteiger charge is -2.14. The Morgan fingerprint density at radius 3 is 2.28 bits per heavy atom. The van der Waals surface area contributed by atoms with Crippen molar-refractivity contribution >= 4 is 11.6 Å². The van der Waals surface area contributed by atoms with Crippen LogP contribution in [0.1, 0.15) is 24.1 Å². The number of hydrogen-bond donors (Lipinski definition) is 1. The van der Waals surface area contributed by atoms with E-state index in [1.807, 2.05) is 30.3 Å². The Labute approximate surface area is 120 Å². The predicted molar refractivity (Wildman–Crippen MR) is 73.1 cm³/mol. The van der Waals surface area contributed by atoms with E-state index >= 15 is 0 Å². The van der Waals surface area contributed by atoms with Crippen molar-refractivity contribution in [2.75, 3.05) is 0 Å². The normalized spacial score (nSPS) is 11.7. The van der Waals surface area contributed by atoms with Gasteiger partial charge < -0.3 is 17.7 Å². The quantitative estimate of drug-likeness (QED) is 0.888. The lowest BCUT2D eigenvalue weighted by molar-refractivity contribution is -0.00000342. The Bertz CT molecular complexity index is 471. The summed E-state index contributed by atoms with van der Waals surface area (Å²) in [7, 11) is 0. The van der Waals surface area contributed by atoms with Gasteiger partial charge >= 0.3 is 0 Å². The number of hydrogen-bond acceptors (Lipinski definition) is 1. The molecule has 0 bridgehead atoms. The molecule has 1 atom stereocenters. The first-order valence-corrected chi connectivity index (χ1v) is 6.17. The van der Waals surface area contributed by atoms with Crippen molar-refractivity contribution in [2.24, 2.45) is 0 Å². The molecule has 0 aliphatic heterocycles. The lowest BCUT2D eigenvalue weighted by atomic mass is 10.1. The van der Waals surface area contributed by atoms with Gasteiger partial charge in [0.2, 0.25) is 0 Å². The number of rotatable bonds is 4. The summed E-state index contributed by atoms with van der Waals surface area (Å²) in [5.74, 6) is 0. The summed E-state index contributed by atoms with van der Waals surface area (Å²) in [5.41, 5.74) is 2.43. The van der Waals surface area contributed by atoms with Gasteiger partial charge in [0.05, 0.1) is 0 Å². The summed E-state index contributed by atoms with van der Waals surface area (Å²) >= 11 is 6.11. The maximum absolute atomic E-state index is 6.11. The highest BCUT2D eigenvalue weighted by Gasteiger charge is 2.05. The topological polar surface area (TPSA) is 12.0 Å². The van der Waals surface area contributed by atoms with E-state index < -0.39 is 0 Å². The van der Waals surface area contributed by atoms with Gasteiger partial charge in [-0.3, -0.25) is 0 Å². The van der Waals surface area contributed by atoms with Gasteiger partial charge in [-0.15, -0.1) is 0 Å². The monoisotopic (exact) mass is 280 g/mol. The molecule has 3 heteroatoms. The molecule has 0 fully saturated rings. The summed E-state index contributed by atoms with van der Waals surface area (Å²) < 4.78 is 0. The van der Waals surface area contributed by atoms with Crippen molar-refractivity contribution in [2.45, 2.75) is 19.5 Å². The predicted octanol–water partition coefficient (Wildman–Crippen LogP) is 1.19.